The number of halogens is 3. The third-order valence-electron chi connectivity index (χ3n) is 5.71. The molecule has 1 amide bonds. The standard InChI is InChI=1S/C23H18F3N7O3S/c1-27-37(35,36)22-30-12-15-10-17(20-29-8-9-33(20)19(15)32-22)13-2-4-14(5-3-13)21(34)31-18-11-16(6-7-28-18)23(24,25)26/h2-7,10-12,27H,8-9H2,1H3,(H,28,31,34). The van der Waals surface area contributed by atoms with Crippen LogP contribution >= 0.6 is 0 Å². The number of anilines is 2. The van der Waals surface area contributed by atoms with Gasteiger partial charge in [0.15, 0.2) is 0 Å². The van der Waals surface area contributed by atoms with E-state index < -0.39 is 27.7 Å². The van der Waals surface area contributed by atoms with Crippen LogP contribution in [0.25, 0.3) is 11.6 Å². The Labute approximate surface area is 209 Å². The number of carbonyl (C=O) groups is 1. The highest BCUT2D eigenvalue weighted by Crippen LogP contribution is 2.35. The molecule has 10 nitrogen and oxygen atoms in total. The molecule has 0 saturated heterocycles. The molecule has 0 spiro atoms. The Balaban J connectivity index is 1.42. The largest absolute Gasteiger partial charge is 0.416 e. The number of aromatic nitrogens is 3. The van der Waals surface area contributed by atoms with Crippen LogP contribution in [0.5, 0.6) is 0 Å². The van der Waals surface area contributed by atoms with Crippen LogP contribution in [-0.2, 0) is 16.2 Å². The van der Waals surface area contributed by atoms with Gasteiger partial charge in [-0.15, -0.1) is 0 Å². The van der Waals surface area contributed by atoms with Gasteiger partial charge in [-0.2, -0.15) is 18.2 Å². The Morgan fingerprint density at radius 3 is 2.57 bits per heavy atom. The summed E-state index contributed by atoms with van der Waals surface area (Å²) in [5, 5.41) is 2.03. The molecule has 2 N–H and O–H groups in total. The molecule has 1 aromatic carbocycles. The first-order valence-corrected chi connectivity index (χ1v) is 12.3. The van der Waals surface area contributed by atoms with E-state index in [0.29, 0.717) is 30.3 Å². The number of carbonyl (C=O) groups excluding carboxylic acids is 1. The summed E-state index contributed by atoms with van der Waals surface area (Å²) in [6, 6.07) is 8.02. The van der Waals surface area contributed by atoms with E-state index in [1.54, 1.807) is 23.1 Å². The van der Waals surface area contributed by atoms with Crippen molar-refractivity contribution in [2.45, 2.75) is 11.3 Å². The van der Waals surface area contributed by atoms with Crippen molar-refractivity contribution in [2.24, 2.45) is 4.99 Å². The molecule has 14 heteroatoms. The quantitative estimate of drug-likeness (QED) is 0.486. The van der Waals surface area contributed by atoms with E-state index in [9.17, 15) is 26.4 Å². The van der Waals surface area contributed by atoms with Crippen molar-refractivity contribution in [1.82, 2.24) is 19.7 Å². The maximum atomic E-state index is 12.9. The molecule has 0 unspecified atom stereocenters. The Hall–Kier alpha value is -4.17. The van der Waals surface area contributed by atoms with Gasteiger partial charge in [0, 0.05) is 35.6 Å². The van der Waals surface area contributed by atoms with Gasteiger partial charge >= 0.3 is 6.18 Å². The van der Waals surface area contributed by atoms with Crippen molar-refractivity contribution in [2.75, 3.05) is 30.4 Å². The highest BCUT2D eigenvalue weighted by Gasteiger charge is 2.32. The topological polar surface area (TPSA) is 130 Å². The van der Waals surface area contributed by atoms with E-state index in [0.717, 1.165) is 29.5 Å². The number of alkyl halides is 3. The monoisotopic (exact) mass is 529 g/mol. The van der Waals surface area contributed by atoms with Gasteiger partial charge in [-0.1, -0.05) is 12.1 Å². The fourth-order valence-electron chi connectivity index (χ4n) is 3.89. The number of sulfonamides is 1. The van der Waals surface area contributed by atoms with E-state index in [1.165, 1.54) is 25.4 Å². The number of amides is 1. The second kappa shape index (κ2) is 9.05. The van der Waals surface area contributed by atoms with Crippen LogP contribution in [0, 0.1) is 0 Å². The van der Waals surface area contributed by atoms with Gasteiger partial charge in [-0.25, -0.2) is 23.1 Å². The first kappa shape index (κ1) is 24.5. The van der Waals surface area contributed by atoms with Gasteiger partial charge in [0.2, 0.25) is 0 Å². The summed E-state index contributed by atoms with van der Waals surface area (Å²) >= 11 is 0. The summed E-state index contributed by atoms with van der Waals surface area (Å²) < 4.78 is 65.3. The van der Waals surface area contributed by atoms with Crippen LogP contribution in [0.2, 0.25) is 0 Å². The van der Waals surface area contributed by atoms with Crippen LogP contribution in [0.3, 0.4) is 0 Å². The number of amidine groups is 1. The third-order valence-corrected chi connectivity index (χ3v) is 6.92. The Morgan fingerprint density at radius 1 is 1.11 bits per heavy atom. The molecule has 4 heterocycles. The molecule has 0 radical (unpaired) electrons. The minimum atomic E-state index is -4.55. The molecule has 0 aliphatic carbocycles. The summed E-state index contributed by atoms with van der Waals surface area (Å²) in [4.78, 5) is 30.9. The molecular weight excluding hydrogens is 511 g/mol. The smallest absolute Gasteiger partial charge is 0.308 e. The number of pyridine rings is 1. The molecule has 0 atom stereocenters. The zero-order valence-corrected chi connectivity index (χ0v) is 19.9. The summed E-state index contributed by atoms with van der Waals surface area (Å²) in [6.45, 7) is 0.981. The summed E-state index contributed by atoms with van der Waals surface area (Å²) in [5.74, 6) is 0.191. The first-order valence-electron chi connectivity index (χ1n) is 10.9. The van der Waals surface area contributed by atoms with Crippen LogP contribution in [0.4, 0.5) is 24.8 Å². The SMILES string of the molecule is CNS(=O)(=O)c1ncc2c(n1)N1CCN=C1C(c1ccc(C(=O)Nc3cc(C(F)(F)F)ccn3)cc1)=C2. The van der Waals surface area contributed by atoms with Crippen molar-refractivity contribution < 1.29 is 26.4 Å². The fraction of sp³-hybridized carbons (Fsp3) is 0.174. The van der Waals surface area contributed by atoms with E-state index in [1.807, 2.05) is 0 Å². The van der Waals surface area contributed by atoms with Crippen LogP contribution < -0.4 is 14.9 Å². The van der Waals surface area contributed by atoms with E-state index in [2.05, 4.69) is 30.0 Å². The lowest BCUT2D eigenvalue weighted by atomic mass is 9.97. The lowest BCUT2D eigenvalue weighted by molar-refractivity contribution is -0.137. The van der Waals surface area contributed by atoms with E-state index >= 15 is 0 Å². The summed E-state index contributed by atoms with van der Waals surface area (Å²) in [7, 11) is -2.55. The maximum absolute atomic E-state index is 12.9. The number of fused-ring (bicyclic) bond motifs is 3. The lowest BCUT2D eigenvalue weighted by Crippen LogP contribution is -2.33. The zero-order chi connectivity index (χ0) is 26.4. The summed E-state index contributed by atoms with van der Waals surface area (Å²) in [5.41, 5.74) is 1.35. The average Bonchev–Trinajstić information content (AvgIpc) is 3.38. The molecular formula is C23H18F3N7O3S. The predicted molar refractivity (Wildman–Crippen MR) is 129 cm³/mol. The molecule has 0 fully saturated rings. The first-order chi connectivity index (χ1) is 17.6. The van der Waals surface area contributed by atoms with Crippen LogP contribution in [0.1, 0.15) is 27.0 Å². The Bertz CT molecular complexity index is 1570. The number of nitrogens with zero attached hydrogens (tertiary/aromatic N) is 5. The minimum absolute atomic E-state index is 0.217. The number of hydrogen-bond acceptors (Lipinski definition) is 8. The predicted octanol–water partition coefficient (Wildman–Crippen LogP) is 2.82. The fourth-order valence-corrected chi connectivity index (χ4v) is 4.47. The molecule has 37 heavy (non-hydrogen) atoms. The van der Waals surface area contributed by atoms with Crippen molar-refractivity contribution >= 4 is 45.1 Å². The number of aliphatic imine (C=N–C) groups is 1. The van der Waals surface area contributed by atoms with Gasteiger partial charge in [0.1, 0.15) is 17.5 Å². The third kappa shape index (κ3) is 4.68. The summed E-state index contributed by atoms with van der Waals surface area (Å²) in [6.07, 6.45) is -0.371. The molecule has 2 aliphatic rings. The highest BCUT2D eigenvalue weighted by atomic mass is 32.2. The normalized spacial score (nSPS) is 15.0. The number of rotatable bonds is 5. The maximum Gasteiger partial charge on any atom is 0.416 e. The number of benzene rings is 1. The average molecular weight is 530 g/mol. The Kier molecular flexibility index (Phi) is 6.00. The van der Waals surface area contributed by atoms with E-state index in [4.69, 9.17) is 0 Å². The van der Waals surface area contributed by atoms with Crippen molar-refractivity contribution in [3.05, 3.63) is 71.0 Å². The molecule has 5 rings (SSSR count). The second-order valence-corrected chi connectivity index (χ2v) is 9.79. The molecule has 190 valence electrons. The van der Waals surface area contributed by atoms with Crippen LogP contribution in [0.15, 0.2) is 58.9 Å². The van der Waals surface area contributed by atoms with Crippen molar-refractivity contribution in [1.29, 1.82) is 0 Å². The molecule has 0 bridgehead atoms. The van der Waals surface area contributed by atoms with Crippen molar-refractivity contribution in [3.63, 3.8) is 0 Å². The van der Waals surface area contributed by atoms with E-state index in [-0.39, 0.29) is 16.5 Å². The molecule has 2 aromatic heterocycles. The van der Waals surface area contributed by atoms with Gasteiger partial charge in [0.05, 0.1) is 12.1 Å². The molecule has 3 aromatic rings. The highest BCUT2D eigenvalue weighted by molar-refractivity contribution is 7.89. The molecule has 2 aliphatic heterocycles. The number of nitrogens with one attached hydrogen (secondary N) is 2. The van der Waals surface area contributed by atoms with Crippen molar-refractivity contribution in [3.8, 4) is 0 Å². The second-order valence-electron chi connectivity index (χ2n) is 8.01. The zero-order valence-electron chi connectivity index (χ0n) is 19.1. The molecule has 0 saturated carbocycles. The van der Waals surface area contributed by atoms with Crippen LogP contribution in [-0.4, -0.2) is 55.2 Å². The van der Waals surface area contributed by atoms with Gasteiger partial charge in [-0.05, 0) is 43.0 Å². The van der Waals surface area contributed by atoms with Gasteiger partial charge < -0.3 is 10.2 Å². The Morgan fingerprint density at radius 2 is 1.86 bits per heavy atom. The van der Waals surface area contributed by atoms with Gasteiger partial charge in [-0.3, -0.25) is 9.79 Å². The number of hydrogen-bond donors (Lipinski definition) is 2. The van der Waals surface area contributed by atoms with Gasteiger partial charge in [0.25, 0.3) is 21.1 Å². The minimum Gasteiger partial charge on any atom is -0.308 e. The lowest BCUT2D eigenvalue weighted by Gasteiger charge is -2.27.